The van der Waals surface area contributed by atoms with Crippen LogP contribution in [-0.4, -0.2) is 24.5 Å². The molecule has 1 amide bonds. The summed E-state index contributed by atoms with van der Waals surface area (Å²) in [5.41, 5.74) is 5.48. The van der Waals surface area contributed by atoms with E-state index >= 15 is 0 Å². The second kappa shape index (κ2) is 6.04. The summed E-state index contributed by atoms with van der Waals surface area (Å²) in [6, 6.07) is 4.49. The van der Waals surface area contributed by atoms with Gasteiger partial charge in [0.05, 0.1) is 28.9 Å². The fourth-order valence-electron chi connectivity index (χ4n) is 1.29. The van der Waals surface area contributed by atoms with Gasteiger partial charge < -0.3 is 15.8 Å². The molecule has 6 heteroatoms. The van der Waals surface area contributed by atoms with E-state index in [2.05, 4.69) is 10.1 Å². The van der Waals surface area contributed by atoms with Gasteiger partial charge in [0, 0.05) is 0 Å². The summed E-state index contributed by atoms with van der Waals surface area (Å²) in [5, 5.41) is 2.94. The Morgan fingerprint density at radius 2 is 2.11 bits per heavy atom. The summed E-state index contributed by atoms with van der Waals surface area (Å²) in [4.78, 5) is 23.4. The molecule has 19 heavy (non-hydrogen) atoms. The first-order valence-electron chi connectivity index (χ1n) is 5.80. The highest BCUT2D eigenvalue weighted by atomic mass is 35.5. The number of halogens is 1. The third-order valence-electron chi connectivity index (χ3n) is 2.89. The van der Waals surface area contributed by atoms with Gasteiger partial charge in [0.1, 0.15) is 0 Å². The second-order valence-corrected chi connectivity index (χ2v) is 4.82. The molecule has 0 radical (unpaired) electrons. The van der Waals surface area contributed by atoms with Gasteiger partial charge in [-0.25, -0.2) is 4.79 Å². The highest BCUT2D eigenvalue weighted by Gasteiger charge is 2.26. The Balaban J connectivity index is 3.01. The van der Waals surface area contributed by atoms with Crippen LogP contribution < -0.4 is 11.1 Å². The van der Waals surface area contributed by atoms with Crippen LogP contribution in [0.25, 0.3) is 0 Å². The van der Waals surface area contributed by atoms with Crippen LogP contribution in [0.4, 0.5) is 5.69 Å². The van der Waals surface area contributed by atoms with Gasteiger partial charge in [-0.05, 0) is 31.5 Å². The summed E-state index contributed by atoms with van der Waals surface area (Å²) < 4.78 is 4.61. The molecular weight excluding hydrogens is 268 g/mol. The van der Waals surface area contributed by atoms with Gasteiger partial charge >= 0.3 is 5.97 Å². The van der Waals surface area contributed by atoms with E-state index < -0.39 is 11.5 Å². The zero-order chi connectivity index (χ0) is 14.6. The number of nitrogens with two attached hydrogens (primary N) is 1. The fraction of sp³-hybridized carbons (Fsp3) is 0.385. The third-order valence-corrected chi connectivity index (χ3v) is 3.22. The van der Waals surface area contributed by atoms with Gasteiger partial charge in [-0.3, -0.25) is 4.79 Å². The number of nitrogens with one attached hydrogen (secondary N) is 1. The molecule has 0 fully saturated rings. The number of carbonyl (C=O) groups excluding carboxylic acids is 2. The van der Waals surface area contributed by atoms with Crippen LogP contribution in [-0.2, 0) is 9.53 Å². The Morgan fingerprint density at radius 1 is 1.47 bits per heavy atom. The Labute approximate surface area is 117 Å². The van der Waals surface area contributed by atoms with Crippen molar-refractivity contribution in [3.63, 3.8) is 0 Å². The Kier molecular flexibility index (Phi) is 4.91. The van der Waals surface area contributed by atoms with Crippen LogP contribution in [0, 0.1) is 0 Å². The number of ether oxygens (including phenoxy) is 1. The predicted molar refractivity (Wildman–Crippen MR) is 74.3 cm³/mol. The van der Waals surface area contributed by atoms with Crippen molar-refractivity contribution in [2.24, 2.45) is 5.73 Å². The predicted octanol–water partition coefficient (Wildman–Crippen LogP) is 2.19. The van der Waals surface area contributed by atoms with E-state index in [1.807, 2.05) is 6.92 Å². The van der Waals surface area contributed by atoms with Gasteiger partial charge in [-0.1, -0.05) is 18.5 Å². The van der Waals surface area contributed by atoms with Crippen LogP contribution in [0.15, 0.2) is 18.2 Å². The van der Waals surface area contributed by atoms with E-state index in [4.69, 9.17) is 17.3 Å². The highest BCUT2D eigenvalue weighted by Crippen LogP contribution is 2.24. The zero-order valence-corrected chi connectivity index (χ0v) is 11.9. The first-order valence-corrected chi connectivity index (χ1v) is 6.17. The number of anilines is 1. The Morgan fingerprint density at radius 3 is 2.63 bits per heavy atom. The molecule has 0 saturated carbocycles. The van der Waals surface area contributed by atoms with E-state index in [0.717, 1.165) is 0 Å². The monoisotopic (exact) mass is 284 g/mol. The standard InChI is InChI=1S/C13H17ClN2O3/c1-4-13(2,15)12(18)16-10-7-8(11(17)19-3)5-6-9(10)14/h5-7H,4,15H2,1-3H3,(H,16,18). The Hall–Kier alpha value is -1.59. The molecule has 0 aromatic heterocycles. The van der Waals surface area contributed by atoms with Gasteiger partial charge in [-0.15, -0.1) is 0 Å². The molecule has 0 aliphatic heterocycles. The van der Waals surface area contributed by atoms with Crippen LogP contribution in [0.3, 0.4) is 0 Å². The lowest BCUT2D eigenvalue weighted by atomic mass is 9.99. The highest BCUT2D eigenvalue weighted by molar-refractivity contribution is 6.34. The molecule has 0 aliphatic carbocycles. The molecule has 0 heterocycles. The lowest BCUT2D eigenvalue weighted by molar-refractivity contribution is -0.120. The van der Waals surface area contributed by atoms with Gasteiger partial charge in [-0.2, -0.15) is 0 Å². The third kappa shape index (κ3) is 3.68. The molecule has 5 nitrogen and oxygen atoms in total. The summed E-state index contributed by atoms with van der Waals surface area (Å²) in [6.07, 6.45) is 0.479. The fourth-order valence-corrected chi connectivity index (χ4v) is 1.46. The quantitative estimate of drug-likeness (QED) is 0.831. The maximum Gasteiger partial charge on any atom is 0.337 e. The summed E-state index contributed by atoms with van der Waals surface area (Å²) >= 11 is 5.97. The molecule has 1 unspecified atom stereocenters. The molecule has 3 N–H and O–H groups in total. The topological polar surface area (TPSA) is 81.4 Å². The lowest BCUT2D eigenvalue weighted by Gasteiger charge is -2.22. The first-order chi connectivity index (χ1) is 8.81. The van der Waals surface area contributed by atoms with E-state index in [-0.39, 0.29) is 5.91 Å². The van der Waals surface area contributed by atoms with Crippen LogP contribution in [0.1, 0.15) is 30.6 Å². The molecule has 0 spiro atoms. The number of benzene rings is 1. The number of hydrogen-bond acceptors (Lipinski definition) is 4. The summed E-state index contributed by atoms with van der Waals surface area (Å²) in [5.74, 6) is -0.864. The van der Waals surface area contributed by atoms with E-state index in [0.29, 0.717) is 22.7 Å². The van der Waals surface area contributed by atoms with Crippen LogP contribution in [0.5, 0.6) is 0 Å². The maximum absolute atomic E-state index is 12.0. The number of methoxy groups -OCH3 is 1. The molecule has 0 bridgehead atoms. The number of carbonyl (C=O) groups is 2. The van der Waals surface area contributed by atoms with E-state index in [1.165, 1.54) is 25.3 Å². The van der Waals surface area contributed by atoms with Crippen molar-refractivity contribution in [3.05, 3.63) is 28.8 Å². The zero-order valence-electron chi connectivity index (χ0n) is 11.1. The van der Waals surface area contributed by atoms with Crippen molar-refractivity contribution >= 4 is 29.2 Å². The van der Waals surface area contributed by atoms with Gasteiger partial charge in [0.25, 0.3) is 0 Å². The van der Waals surface area contributed by atoms with Gasteiger partial charge in [0.15, 0.2) is 0 Å². The summed E-state index contributed by atoms with van der Waals surface area (Å²) in [6.45, 7) is 3.44. The normalized spacial score (nSPS) is 13.5. The number of esters is 1. The van der Waals surface area contributed by atoms with Crippen molar-refractivity contribution in [2.45, 2.75) is 25.8 Å². The van der Waals surface area contributed by atoms with Crippen molar-refractivity contribution in [3.8, 4) is 0 Å². The van der Waals surface area contributed by atoms with E-state index in [1.54, 1.807) is 6.92 Å². The average molecular weight is 285 g/mol. The van der Waals surface area contributed by atoms with Crippen molar-refractivity contribution in [2.75, 3.05) is 12.4 Å². The van der Waals surface area contributed by atoms with E-state index in [9.17, 15) is 9.59 Å². The van der Waals surface area contributed by atoms with Crippen LogP contribution in [0.2, 0.25) is 5.02 Å². The SMILES string of the molecule is CCC(C)(N)C(=O)Nc1cc(C(=O)OC)ccc1Cl. The molecule has 104 valence electrons. The van der Waals surface area contributed by atoms with Gasteiger partial charge in [0.2, 0.25) is 5.91 Å². The maximum atomic E-state index is 12.0. The number of hydrogen-bond donors (Lipinski definition) is 2. The molecule has 1 aromatic rings. The molecule has 1 aromatic carbocycles. The minimum atomic E-state index is -0.995. The number of rotatable bonds is 4. The lowest BCUT2D eigenvalue weighted by Crippen LogP contribution is -2.47. The smallest absolute Gasteiger partial charge is 0.337 e. The van der Waals surface area contributed by atoms with Crippen molar-refractivity contribution in [1.29, 1.82) is 0 Å². The summed E-state index contributed by atoms with van der Waals surface area (Å²) in [7, 11) is 1.28. The molecule has 1 atom stereocenters. The van der Waals surface area contributed by atoms with Crippen molar-refractivity contribution < 1.29 is 14.3 Å². The first kappa shape index (κ1) is 15.5. The minimum absolute atomic E-state index is 0.303. The minimum Gasteiger partial charge on any atom is -0.465 e. The second-order valence-electron chi connectivity index (χ2n) is 4.41. The Bertz CT molecular complexity index is 501. The molecule has 0 aliphatic rings. The van der Waals surface area contributed by atoms with Crippen molar-refractivity contribution in [1.82, 2.24) is 0 Å². The largest absolute Gasteiger partial charge is 0.465 e. The average Bonchev–Trinajstić information content (AvgIpc) is 2.40. The van der Waals surface area contributed by atoms with Crippen LogP contribution >= 0.6 is 11.6 Å². The molecular formula is C13H17ClN2O3. The number of amides is 1. The molecule has 1 rings (SSSR count). The molecule has 0 saturated heterocycles.